The number of alkyl halides is 2. The van der Waals surface area contributed by atoms with Crippen molar-refractivity contribution in [2.45, 2.75) is 11.3 Å². The van der Waals surface area contributed by atoms with E-state index >= 15 is 0 Å². The van der Waals surface area contributed by atoms with Crippen molar-refractivity contribution in [3.05, 3.63) is 17.6 Å². The van der Waals surface area contributed by atoms with Crippen molar-refractivity contribution in [3.63, 3.8) is 0 Å². The van der Waals surface area contributed by atoms with Crippen molar-refractivity contribution in [2.75, 3.05) is 7.11 Å². The number of aromatic nitrogens is 1. The highest BCUT2D eigenvalue weighted by molar-refractivity contribution is 7.89. The summed E-state index contributed by atoms with van der Waals surface area (Å²) >= 11 is 0. The number of nitrogens with zero attached hydrogens (tertiary/aromatic N) is 1. The zero-order valence-electron chi connectivity index (χ0n) is 7.95. The Morgan fingerprint density at radius 2 is 2.06 bits per heavy atom. The number of pyridine rings is 1. The first kappa shape index (κ1) is 12.7. The van der Waals surface area contributed by atoms with Gasteiger partial charge >= 0.3 is 0 Å². The number of nitrogens with two attached hydrogens (primary N) is 1. The molecule has 0 amide bonds. The third-order valence-corrected chi connectivity index (χ3v) is 2.67. The number of ether oxygens (including phenoxy) is 1. The van der Waals surface area contributed by atoms with Crippen molar-refractivity contribution < 1.29 is 26.3 Å². The molecule has 5 nitrogen and oxygen atoms in total. The maximum absolute atomic E-state index is 13.1. The van der Waals surface area contributed by atoms with Crippen LogP contribution in [0.1, 0.15) is 12.0 Å². The highest BCUT2D eigenvalue weighted by atomic mass is 32.2. The molecule has 1 aromatic heterocycles. The summed E-state index contributed by atoms with van der Waals surface area (Å²) < 4.78 is 64.6. The lowest BCUT2D eigenvalue weighted by Gasteiger charge is -2.11. The summed E-state index contributed by atoms with van der Waals surface area (Å²) in [6, 6.07) is 0. The third kappa shape index (κ3) is 2.25. The van der Waals surface area contributed by atoms with Crippen LogP contribution in [0, 0.1) is 5.82 Å². The monoisotopic (exact) mass is 256 g/mol. The quantitative estimate of drug-likeness (QED) is 0.867. The number of primary sulfonamides is 1. The molecule has 1 rings (SSSR count). The molecule has 0 spiro atoms. The van der Waals surface area contributed by atoms with Gasteiger partial charge in [0, 0.05) is 0 Å². The van der Waals surface area contributed by atoms with Gasteiger partial charge in [0.2, 0.25) is 15.9 Å². The predicted octanol–water partition coefficient (Wildman–Crippen LogP) is 0.814. The molecule has 0 aliphatic carbocycles. The van der Waals surface area contributed by atoms with Gasteiger partial charge in [0.15, 0.2) is 5.82 Å². The number of sulfonamides is 1. The number of hydrogen-bond donors (Lipinski definition) is 1. The van der Waals surface area contributed by atoms with Gasteiger partial charge < -0.3 is 4.74 Å². The van der Waals surface area contributed by atoms with Gasteiger partial charge in [0.05, 0.1) is 13.3 Å². The molecule has 0 atom stereocenters. The minimum Gasteiger partial charge on any atom is -0.481 e. The summed E-state index contributed by atoms with van der Waals surface area (Å²) in [5, 5.41) is 4.64. The Kier molecular flexibility index (Phi) is 3.38. The first-order valence-corrected chi connectivity index (χ1v) is 5.37. The molecule has 0 aliphatic heterocycles. The second-order valence-electron chi connectivity index (χ2n) is 2.70. The molecule has 0 unspecified atom stereocenters. The number of rotatable bonds is 3. The minimum absolute atomic E-state index is 0.449. The zero-order valence-corrected chi connectivity index (χ0v) is 8.76. The number of halogens is 3. The fraction of sp³-hybridized carbons (Fsp3) is 0.286. The molecule has 0 radical (unpaired) electrons. The highest BCUT2D eigenvalue weighted by Crippen LogP contribution is 2.33. The van der Waals surface area contributed by atoms with E-state index < -0.39 is 38.6 Å². The van der Waals surface area contributed by atoms with Crippen LogP contribution in [-0.2, 0) is 10.0 Å². The van der Waals surface area contributed by atoms with Crippen LogP contribution in [0.5, 0.6) is 5.88 Å². The first-order valence-electron chi connectivity index (χ1n) is 3.82. The molecular formula is C7H7F3N2O3S. The predicted molar refractivity (Wildman–Crippen MR) is 47.1 cm³/mol. The molecule has 0 fully saturated rings. The van der Waals surface area contributed by atoms with Crippen molar-refractivity contribution in [1.82, 2.24) is 4.98 Å². The molecule has 2 N–H and O–H groups in total. The second kappa shape index (κ2) is 4.26. The van der Waals surface area contributed by atoms with E-state index in [2.05, 4.69) is 14.9 Å². The molecule has 0 aromatic carbocycles. The Balaban J connectivity index is 3.69. The van der Waals surface area contributed by atoms with Crippen LogP contribution in [-0.4, -0.2) is 20.5 Å². The third-order valence-electron chi connectivity index (χ3n) is 1.68. The fourth-order valence-electron chi connectivity index (χ4n) is 1.11. The van der Waals surface area contributed by atoms with E-state index in [1.54, 1.807) is 0 Å². The molecule has 1 aromatic rings. The average Bonchev–Trinajstić information content (AvgIpc) is 2.15. The van der Waals surface area contributed by atoms with E-state index in [1.807, 2.05) is 0 Å². The molecule has 9 heteroatoms. The van der Waals surface area contributed by atoms with Crippen LogP contribution in [0.25, 0.3) is 0 Å². The van der Waals surface area contributed by atoms with Crippen molar-refractivity contribution in [1.29, 1.82) is 0 Å². The van der Waals surface area contributed by atoms with Crippen molar-refractivity contribution in [2.24, 2.45) is 5.14 Å². The molecular weight excluding hydrogens is 249 g/mol. The van der Waals surface area contributed by atoms with Gasteiger partial charge in [-0.15, -0.1) is 0 Å². The summed E-state index contributed by atoms with van der Waals surface area (Å²) in [4.78, 5) is 1.90. The van der Waals surface area contributed by atoms with Gasteiger partial charge in [-0.05, 0) is 0 Å². The summed E-state index contributed by atoms with van der Waals surface area (Å²) in [5.74, 6) is -2.13. The summed E-state index contributed by atoms with van der Waals surface area (Å²) in [5.41, 5.74) is -1.18. The maximum atomic E-state index is 13.1. The fourth-order valence-corrected chi connectivity index (χ4v) is 1.92. The standard InChI is InChI=1S/C7H7F3N2O3S/c1-15-7-4(6(9)10)5(16(11,13)14)3(8)2-12-7/h2,6H,1H3,(H2,11,13,14). The van der Waals surface area contributed by atoms with Crippen molar-refractivity contribution in [3.8, 4) is 5.88 Å². The van der Waals surface area contributed by atoms with Crippen molar-refractivity contribution >= 4 is 10.0 Å². The van der Waals surface area contributed by atoms with Crippen LogP contribution in [0.2, 0.25) is 0 Å². The Labute approximate surface area is 89.1 Å². The second-order valence-corrected chi connectivity index (χ2v) is 4.20. The van der Waals surface area contributed by atoms with Gasteiger partial charge in [0.25, 0.3) is 6.43 Å². The van der Waals surface area contributed by atoms with Crippen LogP contribution in [0.3, 0.4) is 0 Å². The van der Waals surface area contributed by atoms with Gasteiger partial charge in [-0.1, -0.05) is 0 Å². The molecule has 0 saturated heterocycles. The molecule has 90 valence electrons. The molecule has 0 bridgehead atoms. The summed E-state index contributed by atoms with van der Waals surface area (Å²) in [6.07, 6.45) is -2.82. The van der Waals surface area contributed by atoms with Crippen LogP contribution in [0.15, 0.2) is 11.1 Å². The lowest BCUT2D eigenvalue weighted by molar-refractivity contribution is 0.141. The summed E-state index contributed by atoms with van der Waals surface area (Å²) in [7, 11) is -3.62. The van der Waals surface area contributed by atoms with E-state index in [0.717, 1.165) is 7.11 Å². The Bertz CT molecular complexity index is 504. The lowest BCUT2D eigenvalue weighted by Crippen LogP contribution is -2.18. The van der Waals surface area contributed by atoms with Gasteiger partial charge in [0.1, 0.15) is 10.5 Å². The highest BCUT2D eigenvalue weighted by Gasteiger charge is 2.29. The van der Waals surface area contributed by atoms with Gasteiger partial charge in [-0.3, -0.25) is 0 Å². The topological polar surface area (TPSA) is 82.3 Å². The van der Waals surface area contributed by atoms with Gasteiger partial charge in [-0.25, -0.2) is 31.7 Å². The minimum atomic E-state index is -4.62. The summed E-state index contributed by atoms with van der Waals surface area (Å²) in [6.45, 7) is 0. The van der Waals surface area contributed by atoms with E-state index in [1.165, 1.54) is 0 Å². The lowest BCUT2D eigenvalue weighted by atomic mass is 10.2. The molecule has 16 heavy (non-hydrogen) atoms. The van der Waals surface area contributed by atoms with Gasteiger partial charge in [-0.2, -0.15) is 0 Å². The average molecular weight is 256 g/mol. The Morgan fingerprint density at radius 3 is 2.44 bits per heavy atom. The maximum Gasteiger partial charge on any atom is 0.270 e. The molecule has 0 aliphatic rings. The largest absolute Gasteiger partial charge is 0.481 e. The molecule has 1 heterocycles. The zero-order chi connectivity index (χ0) is 12.5. The Hall–Kier alpha value is -1.35. The molecule has 0 saturated carbocycles. The van der Waals surface area contributed by atoms with Crippen LogP contribution >= 0.6 is 0 Å². The number of methoxy groups -OCH3 is 1. The smallest absolute Gasteiger partial charge is 0.270 e. The van der Waals surface area contributed by atoms with E-state index in [-0.39, 0.29) is 0 Å². The van der Waals surface area contributed by atoms with E-state index in [4.69, 9.17) is 0 Å². The van der Waals surface area contributed by atoms with Crippen LogP contribution < -0.4 is 9.88 Å². The van der Waals surface area contributed by atoms with E-state index in [0.29, 0.717) is 6.20 Å². The van der Waals surface area contributed by atoms with E-state index in [9.17, 15) is 21.6 Å². The van der Waals surface area contributed by atoms with Crippen LogP contribution in [0.4, 0.5) is 13.2 Å². The Morgan fingerprint density at radius 1 is 1.50 bits per heavy atom. The SMILES string of the molecule is COc1ncc(F)c(S(N)(=O)=O)c1C(F)F. The number of hydrogen-bond acceptors (Lipinski definition) is 4. The first-order chi connectivity index (χ1) is 7.29. The normalized spacial score (nSPS) is 11.9.